The predicted octanol–water partition coefficient (Wildman–Crippen LogP) is 3.30. The molecule has 2 aliphatic rings. The van der Waals surface area contributed by atoms with E-state index in [4.69, 9.17) is 9.47 Å². The second-order valence-electron chi connectivity index (χ2n) is 7.43. The highest BCUT2D eigenvalue weighted by atomic mass is 19.1. The van der Waals surface area contributed by atoms with Crippen molar-refractivity contribution in [2.75, 3.05) is 26.9 Å². The molecule has 0 bridgehead atoms. The molecular weight excluding hydrogens is 345 g/mol. The number of nitrogens with zero attached hydrogens (tertiary/aromatic N) is 3. The summed E-state index contributed by atoms with van der Waals surface area (Å²) in [6.45, 7) is 2.96. The Morgan fingerprint density at radius 1 is 1.30 bits per heavy atom. The second kappa shape index (κ2) is 6.62. The van der Waals surface area contributed by atoms with E-state index < -0.39 is 0 Å². The molecule has 3 aromatic rings. The van der Waals surface area contributed by atoms with Crippen molar-refractivity contribution >= 4 is 5.65 Å². The fraction of sp³-hybridized carbons (Fsp3) is 0.381. The molecule has 1 saturated heterocycles. The summed E-state index contributed by atoms with van der Waals surface area (Å²) in [7, 11) is 1.74. The molecule has 5 rings (SSSR count). The molecule has 0 amide bonds. The van der Waals surface area contributed by atoms with E-state index in [0.717, 1.165) is 35.7 Å². The maximum absolute atomic E-state index is 14.0. The number of likely N-dealkylation sites (tertiary alicyclic amines) is 1. The van der Waals surface area contributed by atoms with E-state index in [0.29, 0.717) is 25.0 Å². The summed E-state index contributed by atoms with van der Waals surface area (Å²) in [5.41, 5.74) is 3.01. The van der Waals surface area contributed by atoms with Crippen LogP contribution >= 0.6 is 0 Å². The van der Waals surface area contributed by atoms with Gasteiger partial charge in [-0.3, -0.25) is 4.90 Å². The van der Waals surface area contributed by atoms with E-state index in [1.807, 2.05) is 30.6 Å². The van der Waals surface area contributed by atoms with Gasteiger partial charge in [-0.2, -0.15) is 0 Å². The van der Waals surface area contributed by atoms with Crippen molar-refractivity contribution in [3.05, 3.63) is 65.9 Å². The van der Waals surface area contributed by atoms with Crippen LogP contribution < -0.4 is 4.74 Å². The quantitative estimate of drug-likeness (QED) is 0.709. The van der Waals surface area contributed by atoms with Crippen LogP contribution in [0.1, 0.15) is 17.3 Å². The monoisotopic (exact) mass is 367 g/mol. The van der Waals surface area contributed by atoms with Crippen molar-refractivity contribution < 1.29 is 13.9 Å². The number of hydrogen-bond acceptors (Lipinski definition) is 4. The van der Waals surface area contributed by atoms with Gasteiger partial charge in [0.15, 0.2) is 0 Å². The van der Waals surface area contributed by atoms with Crippen molar-refractivity contribution in [3.8, 4) is 5.75 Å². The van der Waals surface area contributed by atoms with Gasteiger partial charge in [0.05, 0.1) is 25.1 Å². The highest BCUT2D eigenvalue weighted by Crippen LogP contribution is 2.48. The number of benzene rings is 1. The van der Waals surface area contributed by atoms with Gasteiger partial charge in [0.25, 0.3) is 0 Å². The zero-order valence-corrected chi connectivity index (χ0v) is 15.2. The molecule has 2 aliphatic heterocycles. The number of imidazole rings is 1. The number of ether oxygens (including phenoxy) is 2. The first kappa shape index (κ1) is 16.7. The van der Waals surface area contributed by atoms with Gasteiger partial charge in [0, 0.05) is 49.8 Å². The summed E-state index contributed by atoms with van der Waals surface area (Å²) in [5.74, 6) is 1.22. The van der Waals surface area contributed by atoms with Gasteiger partial charge in [0.1, 0.15) is 17.2 Å². The first-order valence-electron chi connectivity index (χ1n) is 9.31. The Morgan fingerprint density at radius 2 is 2.22 bits per heavy atom. The molecule has 4 heterocycles. The molecule has 6 heteroatoms. The lowest BCUT2D eigenvalue weighted by atomic mass is 9.85. The predicted molar refractivity (Wildman–Crippen MR) is 99.1 cm³/mol. The number of rotatable bonds is 4. The standard InChI is InChI=1S/C21H22FN3O2/c1-26-12-14-10-24(11-16-9-23-20-4-2-3-7-25(16)20)21-17-8-15(22)5-6-19(17)27-13-18(14)21/h2-9,14,18,21H,10-13H2,1H3/t14-,18-,21-/m0/s1. The second-order valence-corrected chi connectivity index (χ2v) is 7.43. The van der Waals surface area contributed by atoms with Gasteiger partial charge >= 0.3 is 0 Å². The molecular formula is C21H22FN3O2. The van der Waals surface area contributed by atoms with Gasteiger partial charge < -0.3 is 13.9 Å². The molecule has 0 unspecified atom stereocenters. The van der Waals surface area contributed by atoms with E-state index in [9.17, 15) is 4.39 Å². The van der Waals surface area contributed by atoms with Crippen molar-refractivity contribution in [3.63, 3.8) is 0 Å². The van der Waals surface area contributed by atoms with Crippen LogP contribution in [-0.4, -0.2) is 41.2 Å². The average molecular weight is 367 g/mol. The Bertz CT molecular complexity index is 973. The van der Waals surface area contributed by atoms with Gasteiger partial charge in [-0.05, 0) is 30.3 Å². The fourth-order valence-corrected chi connectivity index (χ4v) is 4.66. The summed E-state index contributed by atoms with van der Waals surface area (Å²) in [4.78, 5) is 6.93. The molecule has 2 aromatic heterocycles. The highest BCUT2D eigenvalue weighted by Gasteiger charge is 2.46. The van der Waals surface area contributed by atoms with Gasteiger partial charge in [-0.15, -0.1) is 0 Å². The molecule has 0 aliphatic carbocycles. The molecule has 1 aromatic carbocycles. The summed E-state index contributed by atoms with van der Waals surface area (Å²) in [6.07, 6.45) is 3.97. The van der Waals surface area contributed by atoms with Gasteiger partial charge in [-0.1, -0.05) is 6.07 Å². The van der Waals surface area contributed by atoms with Crippen LogP contribution in [0.4, 0.5) is 4.39 Å². The van der Waals surface area contributed by atoms with Gasteiger partial charge in [-0.25, -0.2) is 9.37 Å². The van der Waals surface area contributed by atoms with Crippen LogP contribution in [-0.2, 0) is 11.3 Å². The fourth-order valence-electron chi connectivity index (χ4n) is 4.66. The molecule has 0 radical (unpaired) electrons. The lowest BCUT2D eigenvalue weighted by Gasteiger charge is -2.34. The number of fused-ring (bicyclic) bond motifs is 4. The molecule has 1 fully saturated rings. The van der Waals surface area contributed by atoms with Crippen LogP contribution in [0.25, 0.3) is 5.65 Å². The molecule has 140 valence electrons. The molecule has 0 N–H and O–H groups in total. The lowest BCUT2D eigenvalue weighted by Crippen LogP contribution is -2.32. The first-order valence-corrected chi connectivity index (χ1v) is 9.31. The number of pyridine rings is 1. The lowest BCUT2D eigenvalue weighted by molar-refractivity contribution is 0.0979. The Labute approximate surface area is 157 Å². The molecule has 0 spiro atoms. The van der Waals surface area contributed by atoms with Crippen molar-refractivity contribution in [2.45, 2.75) is 12.6 Å². The molecule has 27 heavy (non-hydrogen) atoms. The first-order chi connectivity index (χ1) is 13.2. The Kier molecular flexibility index (Phi) is 4.10. The van der Waals surface area contributed by atoms with Crippen LogP contribution in [0, 0.1) is 17.7 Å². The van der Waals surface area contributed by atoms with E-state index in [1.165, 1.54) is 6.07 Å². The Morgan fingerprint density at radius 3 is 3.11 bits per heavy atom. The Hall–Kier alpha value is -2.44. The molecule has 5 nitrogen and oxygen atoms in total. The van der Waals surface area contributed by atoms with E-state index in [2.05, 4.69) is 14.3 Å². The molecule has 0 saturated carbocycles. The summed E-state index contributed by atoms with van der Waals surface area (Å²) >= 11 is 0. The number of halogens is 1. The van der Waals surface area contributed by atoms with E-state index in [1.54, 1.807) is 19.2 Å². The minimum atomic E-state index is -0.219. The van der Waals surface area contributed by atoms with Crippen LogP contribution in [0.15, 0.2) is 48.8 Å². The summed E-state index contributed by atoms with van der Waals surface area (Å²) in [6, 6.07) is 11.0. The van der Waals surface area contributed by atoms with Gasteiger partial charge in [0.2, 0.25) is 0 Å². The molecule has 3 atom stereocenters. The summed E-state index contributed by atoms with van der Waals surface area (Å²) in [5, 5.41) is 0. The third-order valence-electron chi connectivity index (χ3n) is 5.83. The minimum Gasteiger partial charge on any atom is -0.493 e. The number of methoxy groups -OCH3 is 1. The van der Waals surface area contributed by atoms with Crippen molar-refractivity contribution in [1.82, 2.24) is 14.3 Å². The Balaban J connectivity index is 1.53. The number of aromatic nitrogens is 2. The maximum Gasteiger partial charge on any atom is 0.136 e. The van der Waals surface area contributed by atoms with Crippen molar-refractivity contribution in [1.29, 1.82) is 0 Å². The highest BCUT2D eigenvalue weighted by molar-refractivity contribution is 5.41. The normalized spacial score (nSPS) is 24.6. The van der Waals surface area contributed by atoms with E-state index in [-0.39, 0.29) is 11.9 Å². The maximum atomic E-state index is 14.0. The van der Waals surface area contributed by atoms with Crippen molar-refractivity contribution in [2.24, 2.45) is 11.8 Å². The topological polar surface area (TPSA) is 39.0 Å². The largest absolute Gasteiger partial charge is 0.493 e. The van der Waals surface area contributed by atoms with Crippen LogP contribution in [0.3, 0.4) is 0 Å². The average Bonchev–Trinajstić information content (AvgIpc) is 3.24. The SMILES string of the molecule is COC[C@@H]1CN(Cc2cnc3ccccn23)[C@H]2c3cc(F)ccc3OC[C@@H]12. The summed E-state index contributed by atoms with van der Waals surface area (Å²) < 4.78 is 27.5. The van der Waals surface area contributed by atoms with E-state index >= 15 is 0 Å². The third-order valence-corrected chi connectivity index (χ3v) is 5.83. The number of hydrogen-bond donors (Lipinski definition) is 0. The third kappa shape index (κ3) is 2.80. The zero-order chi connectivity index (χ0) is 18.4. The zero-order valence-electron chi connectivity index (χ0n) is 15.2. The minimum absolute atomic E-state index is 0.124. The van der Waals surface area contributed by atoms with Crippen LogP contribution in [0.2, 0.25) is 0 Å². The van der Waals surface area contributed by atoms with Crippen LogP contribution in [0.5, 0.6) is 5.75 Å². The smallest absolute Gasteiger partial charge is 0.136 e.